The lowest BCUT2D eigenvalue weighted by atomic mass is 10.4. The Kier molecular flexibility index (Phi) is 1.11. The zero-order chi connectivity index (χ0) is 5.11. The van der Waals surface area contributed by atoms with Gasteiger partial charge in [-0.05, 0) is 0 Å². The van der Waals surface area contributed by atoms with E-state index in [0.717, 1.165) is 5.69 Å². The molecular formula is C5H7N2. The number of nitrogens with zero attached hydrogens (tertiary/aromatic N) is 1. The number of hydrogen-bond donors (Lipinski definition) is 1. The number of imidazole rings is 1. The minimum atomic E-state index is 1.07. The fourth-order valence-corrected chi connectivity index (χ4v) is 0.425. The summed E-state index contributed by atoms with van der Waals surface area (Å²) in [6.45, 7) is 1.97. The van der Waals surface area contributed by atoms with Crippen LogP contribution in [0.2, 0.25) is 0 Å². The van der Waals surface area contributed by atoms with Crippen LogP contribution in [-0.4, -0.2) is 9.97 Å². The van der Waals surface area contributed by atoms with Crippen LogP contribution >= 0.6 is 0 Å². The van der Waals surface area contributed by atoms with Gasteiger partial charge < -0.3 is 4.98 Å². The summed E-state index contributed by atoms with van der Waals surface area (Å²) in [7, 11) is 0. The number of aromatic nitrogens is 2. The fraction of sp³-hybridized carbons (Fsp3) is 0.200. The summed E-state index contributed by atoms with van der Waals surface area (Å²) in [5.74, 6) is 0. The Morgan fingerprint density at radius 2 is 2.71 bits per heavy atom. The summed E-state index contributed by atoms with van der Waals surface area (Å²) < 4.78 is 0. The van der Waals surface area contributed by atoms with E-state index in [0.29, 0.717) is 0 Å². The molecule has 1 heterocycles. The van der Waals surface area contributed by atoms with Crippen molar-refractivity contribution in [3.63, 3.8) is 0 Å². The van der Waals surface area contributed by atoms with Gasteiger partial charge in [-0.15, -0.1) is 0 Å². The average molecular weight is 95.1 g/mol. The molecule has 37 valence electrons. The highest BCUT2D eigenvalue weighted by atomic mass is 14.8. The molecule has 0 atom stereocenters. The normalized spacial score (nSPS) is 9.29. The van der Waals surface area contributed by atoms with Crippen LogP contribution in [0.5, 0.6) is 0 Å². The highest BCUT2D eigenvalue weighted by Gasteiger charge is 1.82. The number of hydrogen-bond acceptors (Lipinski definition) is 1. The molecule has 0 aliphatic carbocycles. The Balaban J connectivity index is 2.76. The van der Waals surface area contributed by atoms with Crippen molar-refractivity contribution in [1.82, 2.24) is 9.97 Å². The van der Waals surface area contributed by atoms with Gasteiger partial charge in [-0.25, -0.2) is 4.98 Å². The summed E-state index contributed by atoms with van der Waals surface area (Å²) in [6.07, 6.45) is 5.41. The van der Waals surface area contributed by atoms with Crippen LogP contribution in [-0.2, 0) is 0 Å². The summed E-state index contributed by atoms with van der Waals surface area (Å²) in [5.41, 5.74) is 1.07. The van der Waals surface area contributed by atoms with Gasteiger partial charge in [-0.2, -0.15) is 0 Å². The van der Waals surface area contributed by atoms with Gasteiger partial charge in [0.15, 0.2) is 0 Å². The molecule has 2 nitrogen and oxygen atoms in total. The molecule has 0 bridgehead atoms. The third-order valence-corrected chi connectivity index (χ3v) is 0.830. The zero-order valence-electron chi connectivity index (χ0n) is 4.18. The predicted octanol–water partition coefficient (Wildman–Crippen LogP) is 0.982. The Morgan fingerprint density at radius 1 is 1.86 bits per heavy atom. The van der Waals surface area contributed by atoms with Gasteiger partial charge in [-0.1, -0.05) is 6.92 Å². The van der Waals surface area contributed by atoms with Gasteiger partial charge >= 0.3 is 0 Å². The first-order chi connectivity index (χ1) is 3.43. The molecule has 1 rings (SSSR count). The van der Waals surface area contributed by atoms with E-state index < -0.39 is 0 Å². The van der Waals surface area contributed by atoms with Crippen LogP contribution in [0.4, 0.5) is 0 Å². The number of rotatable bonds is 1. The van der Waals surface area contributed by atoms with E-state index in [9.17, 15) is 0 Å². The van der Waals surface area contributed by atoms with Crippen molar-refractivity contribution in [2.75, 3.05) is 0 Å². The van der Waals surface area contributed by atoms with Crippen molar-refractivity contribution in [2.45, 2.75) is 6.92 Å². The van der Waals surface area contributed by atoms with E-state index in [2.05, 4.69) is 9.97 Å². The smallest absolute Gasteiger partial charge is 0.0921 e. The van der Waals surface area contributed by atoms with Crippen LogP contribution < -0.4 is 0 Å². The van der Waals surface area contributed by atoms with Crippen molar-refractivity contribution >= 4 is 0 Å². The third-order valence-electron chi connectivity index (χ3n) is 0.830. The standard InChI is InChI=1S/C5H7N2/c1-2-5-3-6-4-7-5/h2-4H,1H3,(H,6,7). The number of aromatic amines is 1. The van der Waals surface area contributed by atoms with Gasteiger partial charge in [0.1, 0.15) is 0 Å². The molecular weight excluding hydrogens is 88.1 g/mol. The molecule has 1 N–H and O–H groups in total. The summed E-state index contributed by atoms with van der Waals surface area (Å²) in [4.78, 5) is 6.73. The summed E-state index contributed by atoms with van der Waals surface area (Å²) in [6, 6.07) is 0. The Hall–Kier alpha value is -0.790. The highest BCUT2D eigenvalue weighted by molar-refractivity contribution is 5.04. The van der Waals surface area contributed by atoms with Crippen molar-refractivity contribution in [3.05, 3.63) is 24.6 Å². The second-order valence-electron chi connectivity index (χ2n) is 1.30. The van der Waals surface area contributed by atoms with E-state index in [-0.39, 0.29) is 0 Å². The van der Waals surface area contributed by atoms with Gasteiger partial charge in [0, 0.05) is 18.3 Å². The van der Waals surface area contributed by atoms with Crippen LogP contribution in [0.15, 0.2) is 12.5 Å². The molecule has 0 aliphatic heterocycles. The molecule has 0 aromatic carbocycles. The van der Waals surface area contributed by atoms with Crippen LogP contribution in [0.1, 0.15) is 12.6 Å². The van der Waals surface area contributed by atoms with Crippen molar-refractivity contribution in [2.24, 2.45) is 0 Å². The fourth-order valence-electron chi connectivity index (χ4n) is 0.425. The SMILES string of the molecule is C[CH]c1cnc[nH]1. The summed E-state index contributed by atoms with van der Waals surface area (Å²) in [5, 5.41) is 0. The molecule has 1 aromatic heterocycles. The van der Waals surface area contributed by atoms with E-state index in [1.54, 1.807) is 12.5 Å². The van der Waals surface area contributed by atoms with E-state index in [1.165, 1.54) is 0 Å². The first-order valence-electron chi connectivity index (χ1n) is 2.21. The molecule has 2 heteroatoms. The lowest BCUT2D eigenvalue weighted by Crippen LogP contribution is -1.70. The molecule has 0 unspecified atom stereocenters. The molecule has 7 heavy (non-hydrogen) atoms. The first kappa shape index (κ1) is 4.37. The molecule has 0 amide bonds. The van der Waals surface area contributed by atoms with Crippen molar-refractivity contribution in [1.29, 1.82) is 0 Å². The molecule has 0 aliphatic rings. The number of H-pyrrole nitrogens is 1. The predicted molar refractivity (Wildman–Crippen MR) is 27.7 cm³/mol. The Labute approximate surface area is 42.6 Å². The maximum Gasteiger partial charge on any atom is 0.0921 e. The van der Waals surface area contributed by atoms with Crippen LogP contribution in [0, 0.1) is 6.42 Å². The minimum absolute atomic E-state index is 1.07. The largest absolute Gasteiger partial charge is 0.348 e. The zero-order valence-corrected chi connectivity index (χ0v) is 4.18. The summed E-state index contributed by atoms with van der Waals surface area (Å²) >= 11 is 0. The molecule has 0 spiro atoms. The second kappa shape index (κ2) is 1.78. The van der Waals surface area contributed by atoms with Crippen molar-refractivity contribution < 1.29 is 0 Å². The number of nitrogens with one attached hydrogen (secondary N) is 1. The van der Waals surface area contributed by atoms with Crippen LogP contribution in [0.3, 0.4) is 0 Å². The molecule has 1 aromatic rings. The minimum Gasteiger partial charge on any atom is -0.348 e. The quantitative estimate of drug-likeness (QED) is 0.553. The Bertz CT molecular complexity index is 121. The van der Waals surface area contributed by atoms with Gasteiger partial charge in [0.2, 0.25) is 0 Å². The Morgan fingerprint density at radius 3 is 3.00 bits per heavy atom. The second-order valence-corrected chi connectivity index (χ2v) is 1.30. The lowest BCUT2D eigenvalue weighted by molar-refractivity contribution is 1.25. The van der Waals surface area contributed by atoms with Crippen molar-refractivity contribution in [3.8, 4) is 0 Å². The molecule has 0 fully saturated rings. The first-order valence-corrected chi connectivity index (χ1v) is 2.21. The highest BCUT2D eigenvalue weighted by Crippen LogP contribution is 1.90. The van der Waals surface area contributed by atoms with E-state index >= 15 is 0 Å². The topological polar surface area (TPSA) is 28.7 Å². The maximum absolute atomic E-state index is 3.81. The molecule has 0 saturated carbocycles. The third kappa shape index (κ3) is 0.796. The lowest BCUT2D eigenvalue weighted by Gasteiger charge is -1.78. The van der Waals surface area contributed by atoms with Crippen LogP contribution in [0.25, 0.3) is 0 Å². The average Bonchev–Trinajstić information content (AvgIpc) is 2.14. The van der Waals surface area contributed by atoms with Gasteiger partial charge in [-0.3, -0.25) is 0 Å². The molecule has 1 radical (unpaired) electrons. The van der Waals surface area contributed by atoms with E-state index in [1.807, 2.05) is 13.3 Å². The van der Waals surface area contributed by atoms with E-state index in [4.69, 9.17) is 0 Å². The van der Waals surface area contributed by atoms with Gasteiger partial charge in [0.05, 0.1) is 6.33 Å². The monoisotopic (exact) mass is 95.1 g/mol. The van der Waals surface area contributed by atoms with Gasteiger partial charge in [0.25, 0.3) is 0 Å². The maximum atomic E-state index is 3.81. The molecule has 0 saturated heterocycles.